The van der Waals surface area contributed by atoms with Crippen molar-refractivity contribution < 1.29 is 4.79 Å². The normalized spacial score (nSPS) is 26.3. The Labute approximate surface area is 122 Å². The maximum atomic E-state index is 12.4. The van der Waals surface area contributed by atoms with Gasteiger partial charge >= 0.3 is 0 Å². The minimum Gasteiger partial charge on any atom is -0.368 e. The van der Waals surface area contributed by atoms with Gasteiger partial charge in [-0.1, -0.05) is 24.6 Å². The maximum Gasteiger partial charge on any atom is 0.233 e. The Hall–Kier alpha value is -1.24. The van der Waals surface area contributed by atoms with Crippen molar-refractivity contribution in [2.45, 2.75) is 49.7 Å². The molecule has 0 spiro atoms. The summed E-state index contributed by atoms with van der Waals surface area (Å²) >= 11 is 1.36. The van der Waals surface area contributed by atoms with Gasteiger partial charge in [-0.05, 0) is 31.6 Å². The van der Waals surface area contributed by atoms with Gasteiger partial charge in [0.25, 0.3) is 0 Å². The first-order valence-electron chi connectivity index (χ1n) is 7.34. The predicted octanol–water partition coefficient (Wildman–Crippen LogP) is 1.66. The van der Waals surface area contributed by atoms with Crippen LogP contribution in [0.1, 0.15) is 38.5 Å². The first-order valence-corrected chi connectivity index (χ1v) is 8.33. The molecule has 1 aliphatic carbocycles. The number of hydrogen-bond donors (Lipinski definition) is 2. The third kappa shape index (κ3) is 2.92. The van der Waals surface area contributed by atoms with Crippen molar-refractivity contribution in [2.24, 2.45) is 5.92 Å². The quantitative estimate of drug-likeness (QED) is 0.828. The molecule has 1 aromatic rings. The average Bonchev–Trinajstić information content (AvgIpc) is 2.90. The number of nitrogens with zero attached hydrogens (tertiary/aromatic N) is 3. The van der Waals surface area contributed by atoms with Crippen LogP contribution in [-0.4, -0.2) is 44.3 Å². The van der Waals surface area contributed by atoms with Crippen LogP contribution in [0, 0.1) is 5.92 Å². The van der Waals surface area contributed by atoms with Crippen LogP contribution < -0.4 is 5.73 Å². The number of nitrogens with one attached hydrogen (secondary N) is 1. The van der Waals surface area contributed by atoms with Gasteiger partial charge in [-0.15, -0.1) is 5.10 Å². The SMILES string of the molecule is Nc1nc(SCC(=O)N2CCC[C@H]3CCCC[C@@H]32)n[nH]1. The number of H-pyrrole nitrogens is 1. The largest absolute Gasteiger partial charge is 0.368 e. The van der Waals surface area contributed by atoms with Crippen LogP contribution in [0.15, 0.2) is 5.16 Å². The predicted molar refractivity (Wildman–Crippen MR) is 78.2 cm³/mol. The van der Waals surface area contributed by atoms with Crippen LogP contribution in [-0.2, 0) is 4.79 Å². The zero-order chi connectivity index (χ0) is 13.9. The molecule has 1 saturated heterocycles. The molecule has 2 atom stereocenters. The van der Waals surface area contributed by atoms with Crippen LogP contribution in [0.4, 0.5) is 5.95 Å². The number of hydrogen-bond acceptors (Lipinski definition) is 5. The lowest BCUT2D eigenvalue weighted by molar-refractivity contribution is -0.134. The first-order chi connectivity index (χ1) is 9.74. The minimum absolute atomic E-state index is 0.218. The number of thioether (sulfide) groups is 1. The summed E-state index contributed by atoms with van der Waals surface area (Å²) in [7, 11) is 0. The fraction of sp³-hybridized carbons (Fsp3) is 0.769. The Morgan fingerprint density at radius 1 is 1.35 bits per heavy atom. The molecule has 0 aromatic carbocycles. The van der Waals surface area contributed by atoms with Crippen molar-refractivity contribution in [3.8, 4) is 0 Å². The van der Waals surface area contributed by atoms with Crippen molar-refractivity contribution in [1.29, 1.82) is 0 Å². The third-order valence-corrected chi connectivity index (χ3v) is 5.20. The molecule has 3 N–H and O–H groups in total. The van der Waals surface area contributed by atoms with E-state index in [0.717, 1.165) is 18.9 Å². The highest BCUT2D eigenvalue weighted by Crippen LogP contribution is 2.35. The highest BCUT2D eigenvalue weighted by Gasteiger charge is 2.35. The monoisotopic (exact) mass is 295 g/mol. The van der Waals surface area contributed by atoms with E-state index in [1.807, 2.05) is 0 Å². The molecule has 2 heterocycles. The molecule has 110 valence electrons. The van der Waals surface area contributed by atoms with E-state index in [-0.39, 0.29) is 5.91 Å². The lowest BCUT2D eigenvalue weighted by Gasteiger charge is -2.44. The molecule has 0 radical (unpaired) electrons. The first kappa shape index (κ1) is 13.7. The highest BCUT2D eigenvalue weighted by atomic mass is 32.2. The van der Waals surface area contributed by atoms with E-state index in [1.54, 1.807) is 0 Å². The Morgan fingerprint density at radius 3 is 2.95 bits per heavy atom. The van der Waals surface area contributed by atoms with Gasteiger partial charge in [0.05, 0.1) is 5.75 Å². The lowest BCUT2D eigenvalue weighted by Crippen LogP contribution is -2.50. The van der Waals surface area contributed by atoms with E-state index in [4.69, 9.17) is 5.73 Å². The Morgan fingerprint density at radius 2 is 2.15 bits per heavy atom. The van der Waals surface area contributed by atoms with E-state index in [2.05, 4.69) is 20.1 Å². The molecule has 1 aliphatic heterocycles. The third-order valence-electron chi connectivity index (χ3n) is 4.37. The smallest absolute Gasteiger partial charge is 0.233 e. The second-order valence-corrected chi connectivity index (χ2v) is 6.58. The number of amides is 1. The van der Waals surface area contributed by atoms with E-state index >= 15 is 0 Å². The van der Waals surface area contributed by atoms with Gasteiger partial charge in [0.2, 0.25) is 17.0 Å². The molecule has 3 rings (SSSR count). The average molecular weight is 295 g/mol. The van der Waals surface area contributed by atoms with Crippen molar-refractivity contribution in [3.05, 3.63) is 0 Å². The van der Waals surface area contributed by atoms with Crippen molar-refractivity contribution in [3.63, 3.8) is 0 Å². The van der Waals surface area contributed by atoms with Crippen LogP contribution >= 0.6 is 11.8 Å². The van der Waals surface area contributed by atoms with Gasteiger partial charge in [0, 0.05) is 12.6 Å². The van der Waals surface area contributed by atoms with E-state index in [1.165, 1.54) is 43.9 Å². The van der Waals surface area contributed by atoms with Crippen LogP contribution in [0.25, 0.3) is 0 Å². The van der Waals surface area contributed by atoms with Crippen LogP contribution in [0.2, 0.25) is 0 Å². The Bertz CT molecular complexity index is 475. The molecule has 20 heavy (non-hydrogen) atoms. The second-order valence-electron chi connectivity index (χ2n) is 5.63. The van der Waals surface area contributed by atoms with Gasteiger partial charge in [0.15, 0.2) is 0 Å². The summed E-state index contributed by atoms with van der Waals surface area (Å²) < 4.78 is 0. The number of aromatic nitrogens is 3. The molecular weight excluding hydrogens is 274 g/mol. The zero-order valence-electron chi connectivity index (χ0n) is 11.5. The topological polar surface area (TPSA) is 87.9 Å². The highest BCUT2D eigenvalue weighted by molar-refractivity contribution is 7.99. The van der Waals surface area contributed by atoms with Crippen molar-refractivity contribution >= 4 is 23.6 Å². The molecule has 1 amide bonds. The number of likely N-dealkylation sites (tertiary alicyclic amines) is 1. The fourth-order valence-electron chi connectivity index (χ4n) is 3.47. The number of nitrogens with two attached hydrogens (primary N) is 1. The number of anilines is 1. The van der Waals surface area contributed by atoms with Gasteiger partial charge in [0.1, 0.15) is 0 Å². The molecule has 7 heteroatoms. The van der Waals surface area contributed by atoms with E-state index in [0.29, 0.717) is 22.9 Å². The fourth-order valence-corrected chi connectivity index (χ4v) is 4.16. The second kappa shape index (κ2) is 6.03. The lowest BCUT2D eigenvalue weighted by atomic mass is 9.78. The number of rotatable bonds is 3. The van der Waals surface area contributed by atoms with E-state index < -0.39 is 0 Å². The minimum atomic E-state index is 0.218. The molecule has 0 unspecified atom stereocenters. The van der Waals surface area contributed by atoms with E-state index in [9.17, 15) is 4.79 Å². The number of piperidine rings is 1. The zero-order valence-corrected chi connectivity index (χ0v) is 12.4. The summed E-state index contributed by atoms with van der Waals surface area (Å²) in [4.78, 5) is 18.6. The summed E-state index contributed by atoms with van der Waals surface area (Å²) in [5, 5.41) is 7.08. The molecule has 2 fully saturated rings. The number of aromatic amines is 1. The molecular formula is C13H21N5OS. The Kier molecular flexibility index (Phi) is 4.14. The van der Waals surface area contributed by atoms with Crippen LogP contribution in [0.3, 0.4) is 0 Å². The molecule has 1 aromatic heterocycles. The number of nitrogen functional groups attached to an aromatic ring is 1. The number of carbonyl (C=O) groups excluding carboxylic acids is 1. The maximum absolute atomic E-state index is 12.4. The summed E-state index contributed by atoms with van der Waals surface area (Å²) in [6.07, 6.45) is 7.49. The number of fused-ring (bicyclic) bond motifs is 1. The molecule has 2 aliphatic rings. The van der Waals surface area contributed by atoms with Gasteiger partial charge in [-0.3, -0.25) is 4.79 Å². The standard InChI is InChI=1S/C13H21N5OS/c14-12-15-13(17-16-12)20-8-11(19)18-7-3-5-9-4-1-2-6-10(9)18/h9-10H,1-8H2,(H3,14,15,16,17)/t9-,10+/m1/s1. The summed E-state index contributed by atoms with van der Waals surface area (Å²) in [6.45, 7) is 0.913. The van der Waals surface area contributed by atoms with Gasteiger partial charge < -0.3 is 10.6 Å². The molecule has 0 bridgehead atoms. The van der Waals surface area contributed by atoms with Gasteiger partial charge in [-0.25, -0.2) is 5.10 Å². The molecule has 6 nitrogen and oxygen atoms in total. The van der Waals surface area contributed by atoms with Gasteiger partial charge in [-0.2, -0.15) is 4.98 Å². The number of carbonyl (C=O) groups is 1. The molecule has 1 saturated carbocycles. The van der Waals surface area contributed by atoms with Crippen molar-refractivity contribution in [1.82, 2.24) is 20.1 Å². The van der Waals surface area contributed by atoms with Crippen LogP contribution in [0.5, 0.6) is 0 Å². The van der Waals surface area contributed by atoms with Crippen molar-refractivity contribution in [2.75, 3.05) is 18.0 Å². The summed E-state index contributed by atoms with van der Waals surface area (Å²) in [6, 6.07) is 0.475. The Balaban J connectivity index is 1.58. The summed E-state index contributed by atoms with van der Waals surface area (Å²) in [5.41, 5.74) is 5.48. The summed E-state index contributed by atoms with van der Waals surface area (Å²) in [5.74, 6) is 1.64.